The van der Waals surface area contributed by atoms with Crippen molar-refractivity contribution in [3.63, 3.8) is 0 Å². The number of fused-ring (bicyclic) bond motifs is 5. The molecule has 0 N–H and O–H groups in total. The molecule has 2 aliphatic rings. The zero-order chi connectivity index (χ0) is 8.13. The normalized spacial score (nSPS) is 31.1. The highest BCUT2D eigenvalue weighted by Crippen LogP contribution is 2.49. The molecule has 1 aromatic rings. The first-order valence-electron chi connectivity index (χ1n) is 4.09. The highest BCUT2D eigenvalue weighted by atomic mass is 35.5. The molecular formula is C10H8ClN. The second-order valence-electron chi connectivity index (χ2n) is 3.25. The van der Waals surface area contributed by atoms with Crippen LogP contribution in [-0.4, -0.2) is 4.42 Å². The van der Waals surface area contributed by atoms with E-state index in [1.807, 2.05) is 4.42 Å². The van der Waals surface area contributed by atoms with Crippen LogP contribution < -0.4 is 0 Å². The van der Waals surface area contributed by atoms with E-state index in [4.69, 9.17) is 11.8 Å². The summed E-state index contributed by atoms with van der Waals surface area (Å²) < 4.78 is 1.88. The van der Waals surface area contributed by atoms with Crippen molar-refractivity contribution in [1.82, 2.24) is 4.42 Å². The van der Waals surface area contributed by atoms with E-state index >= 15 is 0 Å². The van der Waals surface area contributed by atoms with Crippen LogP contribution in [0.4, 0.5) is 0 Å². The molecule has 2 aliphatic heterocycles. The van der Waals surface area contributed by atoms with Crippen LogP contribution in [0, 0.1) is 0 Å². The SMILES string of the molecule is ClN1C2C=CC1c1ccccc12. The third-order valence-corrected chi connectivity index (χ3v) is 3.06. The summed E-state index contributed by atoms with van der Waals surface area (Å²) in [6.07, 6.45) is 4.33. The van der Waals surface area contributed by atoms with Crippen LogP contribution in [-0.2, 0) is 0 Å². The van der Waals surface area contributed by atoms with E-state index in [9.17, 15) is 0 Å². The van der Waals surface area contributed by atoms with E-state index in [-0.39, 0.29) is 0 Å². The molecule has 2 atom stereocenters. The lowest BCUT2D eigenvalue weighted by Gasteiger charge is -2.10. The first-order valence-corrected chi connectivity index (χ1v) is 4.43. The van der Waals surface area contributed by atoms with Gasteiger partial charge in [0.05, 0.1) is 12.1 Å². The molecule has 60 valence electrons. The minimum absolute atomic E-state index is 0.313. The molecule has 0 aromatic heterocycles. The van der Waals surface area contributed by atoms with E-state index in [0.717, 1.165) is 0 Å². The van der Waals surface area contributed by atoms with E-state index in [0.29, 0.717) is 12.1 Å². The molecule has 0 fully saturated rings. The molecule has 2 unspecified atom stereocenters. The van der Waals surface area contributed by atoms with Gasteiger partial charge in [-0.3, -0.25) is 0 Å². The van der Waals surface area contributed by atoms with Crippen LogP contribution in [0.1, 0.15) is 23.2 Å². The van der Waals surface area contributed by atoms with Gasteiger partial charge in [0.25, 0.3) is 0 Å². The van der Waals surface area contributed by atoms with Gasteiger partial charge in [0.15, 0.2) is 0 Å². The second kappa shape index (κ2) is 2.12. The molecule has 2 heteroatoms. The van der Waals surface area contributed by atoms with Crippen molar-refractivity contribution in [2.45, 2.75) is 12.1 Å². The summed E-state index contributed by atoms with van der Waals surface area (Å²) in [4.78, 5) is 0. The average molecular weight is 178 g/mol. The molecule has 0 spiro atoms. The van der Waals surface area contributed by atoms with Gasteiger partial charge in [-0.05, 0) is 22.9 Å². The molecule has 0 radical (unpaired) electrons. The van der Waals surface area contributed by atoms with Crippen molar-refractivity contribution in [3.8, 4) is 0 Å². The first-order chi connectivity index (χ1) is 5.88. The molecule has 0 saturated carbocycles. The summed E-state index contributed by atoms with van der Waals surface area (Å²) in [5.41, 5.74) is 2.72. The van der Waals surface area contributed by atoms with Gasteiger partial charge in [0.1, 0.15) is 0 Å². The van der Waals surface area contributed by atoms with Crippen molar-refractivity contribution in [2.24, 2.45) is 0 Å². The van der Waals surface area contributed by atoms with Crippen molar-refractivity contribution >= 4 is 11.8 Å². The van der Waals surface area contributed by atoms with Gasteiger partial charge in [0.2, 0.25) is 0 Å². The van der Waals surface area contributed by atoms with Gasteiger partial charge in [-0.25, -0.2) is 0 Å². The highest BCUT2D eigenvalue weighted by Gasteiger charge is 2.38. The van der Waals surface area contributed by atoms with Gasteiger partial charge >= 0.3 is 0 Å². The fraction of sp³-hybridized carbons (Fsp3) is 0.200. The lowest BCUT2D eigenvalue weighted by atomic mass is 9.97. The number of benzene rings is 1. The molecule has 0 aliphatic carbocycles. The lowest BCUT2D eigenvalue weighted by Crippen LogP contribution is -2.05. The maximum atomic E-state index is 6.11. The Morgan fingerprint density at radius 1 is 1.00 bits per heavy atom. The summed E-state index contributed by atoms with van der Waals surface area (Å²) >= 11 is 6.11. The zero-order valence-corrected chi connectivity index (χ0v) is 7.20. The molecular weight excluding hydrogens is 170 g/mol. The smallest absolute Gasteiger partial charge is 0.0696 e. The van der Waals surface area contributed by atoms with Gasteiger partial charge in [-0.2, -0.15) is 4.42 Å². The summed E-state index contributed by atoms with van der Waals surface area (Å²) in [5, 5.41) is 0. The minimum atomic E-state index is 0.313. The number of rotatable bonds is 0. The van der Waals surface area contributed by atoms with Crippen LogP contribution in [0.25, 0.3) is 0 Å². The summed E-state index contributed by atoms with van der Waals surface area (Å²) in [7, 11) is 0. The maximum Gasteiger partial charge on any atom is 0.0696 e. The third-order valence-electron chi connectivity index (χ3n) is 2.64. The predicted octanol–water partition coefficient (Wildman–Crippen LogP) is 2.81. The third kappa shape index (κ3) is 0.637. The summed E-state index contributed by atoms with van der Waals surface area (Å²) in [6, 6.07) is 9.06. The predicted molar refractivity (Wildman–Crippen MR) is 48.8 cm³/mol. The lowest BCUT2D eigenvalue weighted by molar-refractivity contribution is 0.423. The van der Waals surface area contributed by atoms with Crippen molar-refractivity contribution in [1.29, 1.82) is 0 Å². The van der Waals surface area contributed by atoms with E-state index in [2.05, 4.69) is 36.4 Å². The largest absolute Gasteiger partial charge is 0.197 e. The van der Waals surface area contributed by atoms with Crippen LogP contribution in [0.5, 0.6) is 0 Å². The van der Waals surface area contributed by atoms with Crippen LogP contribution in [0.3, 0.4) is 0 Å². The number of hydrogen-bond acceptors (Lipinski definition) is 1. The molecule has 2 bridgehead atoms. The molecule has 2 heterocycles. The first kappa shape index (κ1) is 6.70. The standard InChI is InChI=1S/C10H8ClN/c11-12-9-5-6-10(12)8-4-2-1-3-7(8)9/h1-6,9-10H. The second-order valence-corrected chi connectivity index (χ2v) is 3.64. The Kier molecular flexibility index (Phi) is 1.18. The molecule has 0 amide bonds. The molecule has 3 rings (SSSR count). The summed E-state index contributed by atoms with van der Waals surface area (Å²) in [5.74, 6) is 0. The Morgan fingerprint density at radius 2 is 1.50 bits per heavy atom. The highest BCUT2D eigenvalue weighted by molar-refractivity contribution is 6.14. The van der Waals surface area contributed by atoms with Gasteiger partial charge in [-0.1, -0.05) is 36.4 Å². The average Bonchev–Trinajstić information content (AvgIpc) is 2.61. The van der Waals surface area contributed by atoms with Gasteiger partial charge in [0, 0.05) is 0 Å². The Balaban J connectivity index is 2.25. The van der Waals surface area contributed by atoms with Crippen molar-refractivity contribution < 1.29 is 0 Å². The Bertz CT molecular complexity index is 326. The molecule has 1 aromatic carbocycles. The minimum Gasteiger partial charge on any atom is -0.197 e. The molecule has 1 nitrogen and oxygen atoms in total. The van der Waals surface area contributed by atoms with Crippen LogP contribution in [0.15, 0.2) is 36.4 Å². The monoisotopic (exact) mass is 177 g/mol. The van der Waals surface area contributed by atoms with Crippen LogP contribution >= 0.6 is 11.8 Å². The van der Waals surface area contributed by atoms with E-state index in [1.165, 1.54) is 11.1 Å². The molecule has 0 saturated heterocycles. The number of nitrogens with zero attached hydrogens (tertiary/aromatic N) is 1. The van der Waals surface area contributed by atoms with E-state index in [1.54, 1.807) is 0 Å². The Labute approximate surface area is 76.4 Å². The topological polar surface area (TPSA) is 3.24 Å². The Hall–Kier alpha value is -0.790. The molecule has 12 heavy (non-hydrogen) atoms. The van der Waals surface area contributed by atoms with Crippen molar-refractivity contribution in [3.05, 3.63) is 47.5 Å². The maximum absolute atomic E-state index is 6.11. The fourth-order valence-electron chi connectivity index (χ4n) is 2.07. The van der Waals surface area contributed by atoms with Gasteiger partial charge in [-0.15, -0.1) is 0 Å². The van der Waals surface area contributed by atoms with E-state index < -0.39 is 0 Å². The fourth-order valence-corrected chi connectivity index (χ4v) is 2.41. The quantitative estimate of drug-likeness (QED) is 0.435. The van der Waals surface area contributed by atoms with Crippen LogP contribution in [0.2, 0.25) is 0 Å². The number of halogens is 1. The van der Waals surface area contributed by atoms with Crippen molar-refractivity contribution in [2.75, 3.05) is 0 Å². The number of hydrogen-bond donors (Lipinski definition) is 0. The Morgan fingerprint density at radius 3 is 2.00 bits per heavy atom. The zero-order valence-electron chi connectivity index (χ0n) is 6.44. The summed E-state index contributed by atoms with van der Waals surface area (Å²) in [6.45, 7) is 0. The van der Waals surface area contributed by atoms with Gasteiger partial charge < -0.3 is 0 Å².